The molecule has 7 heteroatoms. The third kappa shape index (κ3) is 4.97. The average molecular weight is 389 g/mol. The van der Waals surface area contributed by atoms with Gasteiger partial charge in [-0.05, 0) is 42.0 Å². The Hall–Kier alpha value is -2.70. The second-order valence-electron chi connectivity index (χ2n) is 7.43. The van der Waals surface area contributed by atoms with Crippen molar-refractivity contribution in [3.8, 4) is 17.2 Å². The molecule has 0 radical (unpaired) electrons. The fourth-order valence-corrected chi connectivity index (χ4v) is 3.69. The number of carbonyl (C=O) groups excluding carboxylic acids is 2. The molecule has 1 aromatic rings. The molecule has 1 aromatic carbocycles. The van der Waals surface area contributed by atoms with Crippen LogP contribution in [0.2, 0.25) is 0 Å². The van der Waals surface area contributed by atoms with Crippen molar-refractivity contribution in [3.63, 3.8) is 0 Å². The molecule has 0 aliphatic carbocycles. The lowest BCUT2D eigenvalue weighted by Gasteiger charge is -2.34. The molecule has 28 heavy (non-hydrogen) atoms. The van der Waals surface area contributed by atoms with Crippen LogP contribution in [0.15, 0.2) is 18.2 Å². The van der Waals surface area contributed by atoms with E-state index >= 15 is 0 Å². The number of likely N-dealkylation sites (tertiary alicyclic amines) is 1. The molecule has 1 saturated heterocycles. The van der Waals surface area contributed by atoms with Gasteiger partial charge in [0.15, 0.2) is 18.1 Å². The average Bonchev–Trinajstić information content (AvgIpc) is 2.69. The lowest BCUT2D eigenvalue weighted by molar-refractivity contribution is -0.149. The number of fused-ring (bicyclic) bond motifs is 1. The summed E-state index contributed by atoms with van der Waals surface area (Å²) in [6.45, 7) is 6.38. The summed E-state index contributed by atoms with van der Waals surface area (Å²) < 4.78 is 21.6. The maximum Gasteiger partial charge on any atom is 0.331 e. The van der Waals surface area contributed by atoms with Gasteiger partial charge in [-0.25, -0.2) is 4.79 Å². The van der Waals surface area contributed by atoms with Crippen LogP contribution in [0.25, 0.3) is 6.08 Å². The van der Waals surface area contributed by atoms with Crippen molar-refractivity contribution in [1.82, 2.24) is 4.90 Å². The van der Waals surface area contributed by atoms with Crippen LogP contribution in [0.1, 0.15) is 25.8 Å². The second kappa shape index (κ2) is 8.99. The molecule has 0 unspecified atom stereocenters. The standard InChI is InChI=1S/C21H27NO6/c1-14-8-15(2)12-22(11-14)19(23)13-28-20(24)5-4-16-9-17(25-3)21-18(10-16)26-6-7-27-21/h4-5,9-10,14-15H,6-8,11-13H2,1-3H3/b5-4+/t14-,15-/m1/s1. The molecule has 0 saturated carbocycles. The molecule has 2 heterocycles. The van der Waals surface area contributed by atoms with Gasteiger partial charge in [0, 0.05) is 19.2 Å². The fraction of sp³-hybridized carbons (Fsp3) is 0.524. The van der Waals surface area contributed by atoms with E-state index in [2.05, 4.69) is 13.8 Å². The molecular weight excluding hydrogens is 362 g/mol. The highest BCUT2D eigenvalue weighted by Gasteiger charge is 2.25. The highest BCUT2D eigenvalue weighted by atomic mass is 16.6. The first kappa shape index (κ1) is 20.0. The van der Waals surface area contributed by atoms with Crippen LogP contribution < -0.4 is 14.2 Å². The van der Waals surface area contributed by atoms with Crippen molar-refractivity contribution in [2.45, 2.75) is 20.3 Å². The predicted octanol–water partition coefficient (Wildman–Crippen LogP) is 2.53. The molecule has 2 atom stereocenters. The van der Waals surface area contributed by atoms with Gasteiger partial charge in [0.25, 0.3) is 5.91 Å². The number of amides is 1. The summed E-state index contributed by atoms with van der Waals surface area (Å²) in [5.74, 6) is 1.88. The summed E-state index contributed by atoms with van der Waals surface area (Å²) in [5, 5.41) is 0. The highest BCUT2D eigenvalue weighted by Crippen LogP contribution is 2.40. The molecule has 3 rings (SSSR count). The number of ether oxygens (including phenoxy) is 4. The summed E-state index contributed by atoms with van der Waals surface area (Å²) in [4.78, 5) is 26.1. The Bertz CT molecular complexity index is 732. The molecular formula is C21H27NO6. The van der Waals surface area contributed by atoms with E-state index < -0.39 is 5.97 Å². The van der Waals surface area contributed by atoms with E-state index in [9.17, 15) is 9.59 Å². The van der Waals surface area contributed by atoms with Crippen LogP contribution in [-0.4, -0.2) is 56.8 Å². The van der Waals surface area contributed by atoms with E-state index in [4.69, 9.17) is 18.9 Å². The predicted molar refractivity (Wildman–Crippen MR) is 104 cm³/mol. The lowest BCUT2D eigenvalue weighted by atomic mass is 9.92. The van der Waals surface area contributed by atoms with Crippen molar-refractivity contribution >= 4 is 18.0 Å². The summed E-state index contributed by atoms with van der Waals surface area (Å²) >= 11 is 0. The Kier molecular flexibility index (Phi) is 6.44. The van der Waals surface area contributed by atoms with Gasteiger partial charge in [-0.1, -0.05) is 13.8 Å². The van der Waals surface area contributed by atoms with Gasteiger partial charge in [-0.15, -0.1) is 0 Å². The zero-order valence-electron chi connectivity index (χ0n) is 16.6. The molecule has 0 bridgehead atoms. The first-order valence-corrected chi connectivity index (χ1v) is 9.56. The molecule has 0 spiro atoms. The van der Waals surface area contributed by atoms with Gasteiger partial charge in [0.1, 0.15) is 13.2 Å². The van der Waals surface area contributed by atoms with Crippen LogP contribution in [0.3, 0.4) is 0 Å². The first-order valence-electron chi connectivity index (χ1n) is 9.56. The van der Waals surface area contributed by atoms with Crippen LogP contribution in [0, 0.1) is 11.8 Å². The van der Waals surface area contributed by atoms with E-state index in [1.807, 2.05) is 0 Å². The molecule has 152 valence electrons. The Morgan fingerprint density at radius 2 is 1.89 bits per heavy atom. The van der Waals surface area contributed by atoms with E-state index in [1.165, 1.54) is 6.08 Å². The monoisotopic (exact) mass is 389 g/mol. The fourth-order valence-electron chi connectivity index (χ4n) is 3.69. The second-order valence-corrected chi connectivity index (χ2v) is 7.43. The minimum Gasteiger partial charge on any atom is -0.493 e. The van der Waals surface area contributed by atoms with E-state index in [0.29, 0.717) is 61.0 Å². The van der Waals surface area contributed by atoms with Gasteiger partial charge in [-0.2, -0.15) is 0 Å². The Labute approximate surface area is 165 Å². The van der Waals surface area contributed by atoms with Crippen molar-refractivity contribution in [2.75, 3.05) is 40.0 Å². The number of hydrogen-bond acceptors (Lipinski definition) is 6. The molecule has 0 N–H and O–H groups in total. The lowest BCUT2D eigenvalue weighted by Crippen LogP contribution is -2.44. The minimum atomic E-state index is -0.569. The van der Waals surface area contributed by atoms with E-state index in [1.54, 1.807) is 30.2 Å². The number of piperidine rings is 1. The van der Waals surface area contributed by atoms with Crippen LogP contribution in [0.5, 0.6) is 17.2 Å². The first-order chi connectivity index (χ1) is 13.5. The van der Waals surface area contributed by atoms with Gasteiger partial charge in [-0.3, -0.25) is 4.79 Å². The number of esters is 1. The number of methoxy groups -OCH3 is 1. The Balaban J connectivity index is 1.56. The van der Waals surface area contributed by atoms with Crippen LogP contribution in [0.4, 0.5) is 0 Å². The van der Waals surface area contributed by atoms with Crippen LogP contribution >= 0.6 is 0 Å². The van der Waals surface area contributed by atoms with Crippen molar-refractivity contribution < 1.29 is 28.5 Å². The maximum absolute atomic E-state index is 12.3. The quantitative estimate of drug-likeness (QED) is 0.569. The largest absolute Gasteiger partial charge is 0.493 e. The van der Waals surface area contributed by atoms with E-state index in [0.717, 1.165) is 6.42 Å². The van der Waals surface area contributed by atoms with Crippen molar-refractivity contribution in [1.29, 1.82) is 0 Å². The summed E-state index contributed by atoms with van der Waals surface area (Å²) in [5.41, 5.74) is 0.711. The number of nitrogens with zero attached hydrogens (tertiary/aromatic N) is 1. The zero-order chi connectivity index (χ0) is 20.1. The van der Waals surface area contributed by atoms with Crippen LogP contribution in [-0.2, 0) is 14.3 Å². The molecule has 0 aromatic heterocycles. The highest BCUT2D eigenvalue weighted by molar-refractivity contribution is 5.89. The van der Waals surface area contributed by atoms with Crippen molar-refractivity contribution in [3.05, 3.63) is 23.8 Å². The SMILES string of the molecule is COc1cc(/C=C/C(=O)OCC(=O)N2C[C@H](C)C[C@@H](C)C2)cc2c1OCCO2. The maximum atomic E-state index is 12.3. The molecule has 1 amide bonds. The Morgan fingerprint density at radius 3 is 2.61 bits per heavy atom. The van der Waals surface area contributed by atoms with Gasteiger partial charge >= 0.3 is 5.97 Å². The number of rotatable bonds is 5. The number of benzene rings is 1. The minimum absolute atomic E-state index is 0.152. The molecule has 1 fully saturated rings. The summed E-state index contributed by atoms with van der Waals surface area (Å²) in [6.07, 6.45) is 4.00. The third-order valence-corrected chi connectivity index (χ3v) is 4.82. The van der Waals surface area contributed by atoms with Crippen molar-refractivity contribution in [2.24, 2.45) is 11.8 Å². The summed E-state index contributed by atoms with van der Waals surface area (Å²) in [7, 11) is 1.54. The number of carbonyl (C=O) groups is 2. The molecule has 2 aliphatic heterocycles. The van der Waals surface area contributed by atoms with Gasteiger partial charge in [0.2, 0.25) is 5.75 Å². The third-order valence-electron chi connectivity index (χ3n) is 4.82. The van der Waals surface area contributed by atoms with E-state index in [-0.39, 0.29) is 12.5 Å². The molecule has 2 aliphatic rings. The smallest absolute Gasteiger partial charge is 0.331 e. The number of hydrogen-bond donors (Lipinski definition) is 0. The zero-order valence-corrected chi connectivity index (χ0v) is 16.6. The normalized spacial score (nSPS) is 21.5. The topological polar surface area (TPSA) is 74.3 Å². The molecule has 7 nitrogen and oxygen atoms in total. The Morgan fingerprint density at radius 1 is 1.18 bits per heavy atom. The van der Waals surface area contributed by atoms with Gasteiger partial charge in [0.05, 0.1) is 7.11 Å². The van der Waals surface area contributed by atoms with Gasteiger partial charge < -0.3 is 23.8 Å². The summed E-state index contributed by atoms with van der Waals surface area (Å²) in [6, 6.07) is 3.52.